The summed E-state index contributed by atoms with van der Waals surface area (Å²) in [6.45, 7) is 8.47. The zero-order chi connectivity index (χ0) is 12.4. The fourth-order valence-corrected chi connectivity index (χ4v) is 3.87. The molecular formula is C13H20BrNOS. The van der Waals surface area contributed by atoms with E-state index >= 15 is 0 Å². The summed E-state index contributed by atoms with van der Waals surface area (Å²) in [5, 5.41) is 3.52. The van der Waals surface area contributed by atoms with Crippen LogP contribution in [0.15, 0.2) is 10.5 Å². The minimum atomic E-state index is 0.288. The van der Waals surface area contributed by atoms with Crippen molar-refractivity contribution < 1.29 is 4.74 Å². The Kier molecular flexibility index (Phi) is 4.64. The van der Waals surface area contributed by atoms with Gasteiger partial charge in [0.25, 0.3) is 0 Å². The maximum absolute atomic E-state index is 5.90. The number of nitrogens with one attached hydrogen (secondary N) is 1. The molecule has 1 aliphatic heterocycles. The van der Waals surface area contributed by atoms with Gasteiger partial charge in [0.1, 0.15) is 0 Å². The van der Waals surface area contributed by atoms with Crippen LogP contribution >= 0.6 is 27.3 Å². The fourth-order valence-electron chi connectivity index (χ4n) is 2.17. The maximum Gasteiger partial charge on any atom is 0.0958 e. The van der Waals surface area contributed by atoms with Crippen LogP contribution in [0.2, 0.25) is 0 Å². The van der Waals surface area contributed by atoms with Crippen LogP contribution in [-0.2, 0) is 4.74 Å². The summed E-state index contributed by atoms with van der Waals surface area (Å²) < 4.78 is 7.11. The zero-order valence-electron chi connectivity index (χ0n) is 10.6. The molecule has 1 aromatic rings. The Morgan fingerprint density at radius 2 is 2.35 bits per heavy atom. The van der Waals surface area contributed by atoms with Crippen molar-refractivity contribution in [2.24, 2.45) is 5.92 Å². The van der Waals surface area contributed by atoms with Crippen LogP contribution in [0, 0.1) is 12.8 Å². The topological polar surface area (TPSA) is 21.3 Å². The number of thiophene rings is 1. The molecule has 0 aliphatic carbocycles. The third-order valence-corrected chi connectivity index (χ3v) is 5.36. The van der Waals surface area contributed by atoms with Gasteiger partial charge in [0.15, 0.2) is 0 Å². The second kappa shape index (κ2) is 5.83. The molecule has 1 aromatic heterocycles. The summed E-state index contributed by atoms with van der Waals surface area (Å²) in [5.41, 5.74) is 0. The minimum Gasteiger partial charge on any atom is -0.372 e. The van der Waals surface area contributed by atoms with Crippen LogP contribution in [0.1, 0.15) is 36.1 Å². The van der Waals surface area contributed by atoms with E-state index in [0.29, 0.717) is 12.0 Å². The van der Waals surface area contributed by atoms with Crippen LogP contribution in [0.3, 0.4) is 0 Å². The van der Waals surface area contributed by atoms with Crippen molar-refractivity contribution in [1.82, 2.24) is 5.32 Å². The predicted octanol–water partition coefficient (Wildman–Crippen LogP) is 3.89. The molecular weight excluding hydrogens is 298 g/mol. The Hall–Kier alpha value is 0.100. The van der Waals surface area contributed by atoms with E-state index in [9.17, 15) is 0 Å². The van der Waals surface area contributed by atoms with Crippen molar-refractivity contribution in [2.45, 2.75) is 39.3 Å². The molecule has 2 nitrogen and oxygen atoms in total. The summed E-state index contributed by atoms with van der Waals surface area (Å²) in [5.74, 6) is 0.613. The van der Waals surface area contributed by atoms with Crippen LogP contribution < -0.4 is 5.32 Å². The van der Waals surface area contributed by atoms with Gasteiger partial charge < -0.3 is 10.1 Å². The van der Waals surface area contributed by atoms with E-state index in [2.05, 4.69) is 48.1 Å². The van der Waals surface area contributed by atoms with Crippen molar-refractivity contribution in [3.63, 3.8) is 0 Å². The highest BCUT2D eigenvalue weighted by Gasteiger charge is 2.30. The first-order valence-corrected chi connectivity index (χ1v) is 7.79. The molecule has 96 valence electrons. The van der Waals surface area contributed by atoms with E-state index in [1.807, 2.05) is 11.3 Å². The first-order valence-electron chi connectivity index (χ1n) is 6.18. The van der Waals surface area contributed by atoms with Gasteiger partial charge in [-0.15, -0.1) is 11.3 Å². The lowest BCUT2D eigenvalue weighted by atomic mass is 10.00. The molecule has 0 saturated carbocycles. The van der Waals surface area contributed by atoms with Gasteiger partial charge in [-0.2, -0.15) is 0 Å². The average Bonchev–Trinajstić information content (AvgIpc) is 2.83. The van der Waals surface area contributed by atoms with Crippen molar-refractivity contribution in [1.29, 1.82) is 0 Å². The molecule has 2 atom stereocenters. The summed E-state index contributed by atoms with van der Waals surface area (Å²) in [6, 6.07) is 2.77. The van der Waals surface area contributed by atoms with Gasteiger partial charge in [-0.3, -0.25) is 0 Å². The van der Waals surface area contributed by atoms with Gasteiger partial charge in [0.2, 0.25) is 0 Å². The molecule has 2 unspecified atom stereocenters. The fraction of sp³-hybridized carbons (Fsp3) is 0.692. The molecule has 2 heterocycles. The molecule has 0 radical (unpaired) electrons. The Morgan fingerprint density at radius 3 is 2.94 bits per heavy atom. The van der Waals surface area contributed by atoms with Crippen LogP contribution in [-0.4, -0.2) is 19.2 Å². The molecule has 0 aromatic carbocycles. The molecule has 4 heteroatoms. The van der Waals surface area contributed by atoms with Crippen LogP contribution in [0.25, 0.3) is 0 Å². The predicted molar refractivity (Wildman–Crippen MR) is 76.7 cm³/mol. The van der Waals surface area contributed by atoms with Gasteiger partial charge in [-0.25, -0.2) is 0 Å². The average molecular weight is 318 g/mol. The van der Waals surface area contributed by atoms with E-state index in [4.69, 9.17) is 4.74 Å². The Morgan fingerprint density at radius 1 is 1.59 bits per heavy atom. The summed E-state index contributed by atoms with van der Waals surface area (Å²) in [4.78, 5) is 2.70. The quantitative estimate of drug-likeness (QED) is 0.909. The third-order valence-electron chi connectivity index (χ3n) is 3.16. The van der Waals surface area contributed by atoms with Crippen molar-refractivity contribution in [3.05, 3.63) is 20.3 Å². The molecule has 17 heavy (non-hydrogen) atoms. The lowest BCUT2D eigenvalue weighted by Gasteiger charge is -2.19. The normalized spacial score (nSPS) is 24.8. The van der Waals surface area contributed by atoms with Gasteiger partial charge in [0, 0.05) is 39.3 Å². The highest BCUT2D eigenvalue weighted by Crippen LogP contribution is 2.40. The summed E-state index contributed by atoms with van der Waals surface area (Å²) >= 11 is 5.43. The first kappa shape index (κ1) is 13.5. The van der Waals surface area contributed by atoms with E-state index in [1.165, 1.54) is 20.6 Å². The Balaban J connectivity index is 2.03. The van der Waals surface area contributed by atoms with E-state index in [-0.39, 0.29) is 6.10 Å². The molecule has 1 saturated heterocycles. The molecule has 2 rings (SSSR count). The summed E-state index contributed by atoms with van der Waals surface area (Å²) in [7, 11) is 0. The number of hydrogen-bond donors (Lipinski definition) is 1. The number of hydrogen-bond acceptors (Lipinski definition) is 3. The molecule has 0 amide bonds. The van der Waals surface area contributed by atoms with E-state index < -0.39 is 0 Å². The highest BCUT2D eigenvalue weighted by molar-refractivity contribution is 9.10. The molecule has 0 spiro atoms. The van der Waals surface area contributed by atoms with Crippen molar-refractivity contribution >= 4 is 27.3 Å². The number of halogens is 1. The van der Waals surface area contributed by atoms with Crippen molar-refractivity contribution in [3.8, 4) is 0 Å². The highest BCUT2D eigenvalue weighted by atomic mass is 79.9. The smallest absolute Gasteiger partial charge is 0.0958 e. The van der Waals surface area contributed by atoms with Gasteiger partial charge in [-0.1, -0.05) is 13.8 Å². The SMILES string of the molecule is Cc1sc(C2OCCC2CNC(C)C)cc1Br. The third kappa shape index (κ3) is 3.31. The second-order valence-corrected chi connectivity index (χ2v) is 7.10. The van der Waals surface area contributed by atoms with Crippen LogP contribution in [0.4, 0.5) is 0 Å². The lowest BCUT2D eigenvalue weighted by Crippen LogP contribution is -2.30. The first-order chi connectivity index (χ1) is 8.08. The van der Waals surface area contributed by atoms with Gasteiger partial charge in [0.05, 0.1) is 6.10 Å². The molecule has 1 aliphatic rings. The van der Waals surface area contributed by atoms with Crippen molar-refractivity contribution in [2.75, 3.05) is 13.2 Å². The lowest BCUT2D eigenvalue weighted by molar-refractivity contribution is 0.0929. The van der Waals surface area contributed by atoms with Gasteiger partial charge >= 0.3 is 0 Å². The van der Waals surface area contributed by atoms with E-state index in [0.717, 1.165) is 13.2 Å². The minimum absolute atomic E-state index is 0.288. The maximum atomic E-state index is 5.90. The number of ether oxygens (including phenoxy) is 1. The van der Waals surface area contributed by atoms with Crippen LogP contribution in [0.5, 0.6) is 0 Å². The zero-order valence-corrected chi connectivity index (χ0v) is 13.0. The molecule has 1 fully saturated rings. The summed E-state index contributed by atoms with van der Waals surface area (Å²) in [6.07, 6.45) is 1.45. The standard InChI is InChI=1S/C13H20BrNOS/c1-8(2)15-7-10-4-5-16-13(10)12-6-11(14)9(3)17-12/h6,8,10,13,15H,4-5,7H2,1-3H3. The largest absolute Gasteiger partial charge is 0.372 e. The molecule has 0 bridgehead atoms. The monoisotopic (exact) mass is 317 g/mol. The van der Waals surface area contributed by atoms with E-state index in [1.54, 1.807) is 0 Å². The number of aryl methyl sites for hydroxylation is 1. The Labute approximate surface area is 116 Å². The Bertz CT molecular complexity index is 358. The second-order valence-electron chi connectivity index (χ2n) is 4.96. The molecule has 1 N–H and O–H groups in total. The number of rotatable bonds is 4. The van der Waals surface area contributed by atoms with Gasteiger partial charge in [-0.05, 0) is 35.3 Å².